The van der Waals surface area contributed by atoms with E-state index in [1.807, 2.05) is 13.8 Å². The summed E-state index contributed by atoms with van der Waals surface area (Å²) in [5.41, 5.74) is 0. The molecule has 0 radical (unpaired) electrons. The monoisotopic (exact) mass is 217 g/mol. The highest BCUT2D eigenvalue weighted by Gasteiger charge is 2.26. The predicted octanol–water partition coefficient (Wildman–Crippen LogP) is 0.700. The van der Waals surface area contributed by atoms with Gasteiger partial charge < -0.3 is 19.5 Å². The zero-order valence-corrected chi connectivity index (χ0v) is 9.82. The molecule has 0 amide bonds. The van der Waals surface area contributed by atoms with Crippen molar-refractivity contribution in [2.24, 2.45) is 5.92 Å². The smallest absolute Gasteiger partial charge is 0.158 e. The Morgan fingerprint density at radius 2 is 1.87 bits per heavy atom. The van der Waals surface area contributed by atoms with Gasteiger partial charge in [0.25, 0.3) is 0 Å². The van der Waals surface area contributed by atoms with Gasteiger partial charge in [-0.05, 0) is 13.8 Å². The summed E-state index contributed by atoms with van der Waals surface area (Å²) < 4.78 is 10.9. The summed E-state index contributed by atoms with van der Waals surface area (Å²) in [4.78, 5) is 2.33. The maximum absolute atomic E-state index is 8.87. The first-order chi connectivity index (χ1) is 7.30. The average molecular weight is 217 g/mol. The number of hydrogen-bond donors (Lipinski definition) is 1. The lowest BCUT2D eigenvalue weighted by Crippen LogP contribution is -2.49. The third-order valence-corrected chi connectivity index (χ3v) is 2.68. The maximum atomic E-state index is 8.87. The fourth-order valence-electron chi connectivity index (χ4n) is 1.85. The zero-order chi connectivity index (χ0) is 11.1. The third-order valence-electron chi connectivity index (χ3n) is 2.68. The molecular formula is C11H23NO3. The largest absolute Gasteiger partial charge is 0.396 e. The van der Waals surface area contributed by atoms with Crippen molar-refractivity contribution in [1.82, 2.24) is 4.90 Å². The van der Waals surface area contributed by atoms with Crippen molar-refractivity contribution in [2.45, 2.75) is 26.6 Å². The molecule has 1 rings (SSSR count). The number of hydrogen-bond acceptors (Lipinski definition) is 4. The van der Waals surface area contributed by atoms with Crippen LogP contribution in [0.4, 0.5) is 0 Å². The number of ether oxygens (including phenoxy) is 2. The minimum atomic E-state index is -0.0619. The lowest BCUT2D eigenvalue weighted by Gasteiger charge is -2.38. The standard InChI is InChI=1S/C11H23NO3/c1-3-14-11(15-4-2)5-6-12-7-10(8-12)9-13/h10-11,13H,3-9H2,1-2H3. The van der Waals surface area contributed by atoms with E-state index in [1.165, 1.54) is 0 Å². The first-order valence-electron chi connectivity index (χ1n) is 5.86. The van der Waals surface area contributed by atoms with E-state index in [1.54, 1.807) is 0 Å². The van der Waals surface area contributed by atoms with Crippen LogP contribution in [0.5, 0.6) is 0 Å². The second-order valence-electron chi connectivity index (χ2n) is 3.94. The molecule has 90 valence electrons. The Bertz CT molecular complexity index is 154. The SMILES string of the molecule is CCOC(CCN1CC(CO)C1)OCC. The number of rotatable bonds is 8. The van der Waals surface area contributed by atoms with Crippen molar-refractivity contribution in [3.05, 3.63) is 0 Å². The second-order valence-corrected chi connectivity index (χ2v) is 3.94. The lowest BCUT2D eigenvalue weighted by molar-refractivity contribution is -0.144. The Hall–Kier alpha value is -0.160. The topological polar surface area (TPSA) is 41.9 Å². The van der Waals surface area contributed by atoms with E-state index in [2.05, 4.69) is 4.90 Å². The summed E-state index contributed by atoms with van der Waals surface area (Å²) >= 11 is 0. The molecule has 0 atom stereocenters. The normalized spacial score (nSPS) is 18.4. The number of nitrogens with zero attached hydrogens (tertiary/aromatic N) is 1. The van der Waals surface area contributed by atoms with Gasteiger partial charge in [-0.2, -0.15) is 0 Å². The Morgan fingerprint density at radius 3 is 2.33 bits per heavy atom. The molecule has 15 heavy (non-hydrogen) atoms. The molecule has 0 spiro atoms. The van der Waals surface area contributed by atoms with Crippen molar-refractivity contribution < 1.29 is 14.6 Å². The van der Waals surface area contributed by atoms with Crippen LogP contribution in [-0.4, -0.2) is 55.8 Å². The van der Waals surface area contributed by atoms with E-state index in [4.69, 9.17) is 14.6 Å². The van der Waals surface area contributed by atoms with Crippen molar-refractivity contribution in [1.29, 1.82) is 0 Å². The van der Waals surface area contributed by atoms with Gasteiger partial charge in [0.05, 0.1) is 0 Å². The van der Waals surface area contributed by atoms with Gasteiger partial charge in [-0.15, -0.1) is 0 Å². The van der Waals surface area contributed by atoms with Crippen LogP contribution in [0.25, 0.3) is 0 Å². The van der Waals surface area contributed by atoms with Crippen molar-refractivity contribution in [3.63, 3.8) is 0 Å². The van der Waals surface area contributed by atoms with E-state index in [0.717, 1.165) is 26.1 Å². The molecule has 0 saturated carbocycles. The number of aliphatic hydroxyl groups is 1. The quantitative estimate of drug-likeness (QED) is 0.608. The van der Waals surface area contributed by atoms with Gasteiger partial charge in [0.2, 0.25) is 0 Å². The van der Waals surface area contributed by atoms with E-state index in [9.17, 15) is 0 Å². The molecular weight excluding hydrogens is 194 g/mol. The summed E-state index contributed by atoms with van der Waals surface area (Å²) in [6.07, 6.45) is 0.855. The van der Waals surface area contributed by atoms with Gasteiger partial charge in [0.15, 0.2) is 6.29 Å². The molecule has 0 aliphatic carbocycles. The second kappa shape index (κ2) is 7.17. The first-order valence-corrected chi connectivity index (χ1v) is 5.86. The van der Waals surface area contributed by atoms with E-state index in [0.29, 0.717) is 25.7 Å². The van der Waals surface area contributed by atoms with Crippen LogP contribution in [-0.2, 0) is 9.47 Å². The van der Waals surface area contributed by atoms with Gasteiger partial charge in [-0.25, -0.2) is 0 Å². The van der Waals surface area contributed by atoms with Crippen LogP contribution >= 0.6 is 0 Å². The lowest BCUT2D eigenvalue weighted by atomic mass is 10.0. The number of likely N-dealkylation sites (tertiary alicyclic amines) is 1. The van der Waals surface area contributed by atoms with Crippen molar-refractivity contribution in [2.75, 3.05) is 39.5 Å². The molecule has 0 aromatic rings. The molecule has 0 bridgehead atoms. The molecule has 0 aromatic carbocycles. The number of aliphatic hydroxyl groups excluding tert-OH is 1. The van der Waals surface area contributed by atoms with E-state index < -0.39 is 0 Å². The predicted molar refractivity (Wildman–Crippen MR) is 58.7 cm³/mol. The molecule has 1 aliphatic heterocycles. The minimum Gasteiger partial charge on any atom is -0.396 e. The van der Waals surface area contributed by atoms with E-state index >= 15 is 0 Å². The van der Waals surface area contributed by atoms with Gasteiger partial charge in [0, 0.05) is 51.8 Å². The Labute approximate surface area is 92.2 Å². The molecule has 1 N–H and O–H groups in total. The van der Waals surface area contributed by atoms with Crippen LogP contribution in [0.2, 0.25) is 0 Å². The molecule has 1 saturated heterocycles. The van der Waals surface area contributed by atoms with Crippen LogP contribution in [0, 0.1) is 5.92 Å². The first kappa shape index (κ1) is 12.9. The van der Waals surface area contributed by atoms with Crippen LogP contribution in [0.1, 0.15) is 20.3 Å². The van der Waals surface area contributed by atoms with Gasteiger partial charge in [-0.1, -0.05) is 0 Å². The summed E-state index contributed by atoms with van der Waals surface area (Å²) in [7, 11) is 0. The maximum Gasteiger partial charge on any atom is 0.158 e. The molecule has 1 aliphatic rings. The van der Waals surface area contributed by atoms with Gasteiger partial charge in [-0.3, -0.25) is 0 Å². The Kier molecular flexibility index (Phi) is 6.17. The van der Waals surface area contributed by atoms with Crippen molar-refractivity contribution >= 4 is 0 Å². The van der Waals surface area contributed by atoms with Gasteiger partial charge in [0.1, 0.15) is 0 Å². The highest BCUT2D eigenvalue weighted by molar-refractivity contribution is 4.78. The summed E-state index contributed by atoms with van der Waals surface area (Å²) in [6, 6.07) is 0. The fraction of sp³-hybridized carbons (Fsp3) is 1.00. The Balaban J connectivity index is 2.06. The van der Waals surface area contributed by atoms with E-state index in [-0.39, 0.29) is 6.29 Å². The zero-order valence-electron chi connectivity index (χ0n) is 9.82. The molecule has 1 fully saturated rings. The average Bonchev–Trinajstić information content (AvgIpc) is 2.16. The van der Waals surface area contributed by atoms with Gasteiger partial charge >= 0.3 is 0 Å². The van der Waals surface area contributed by atoms with Crippen LogP contribution in [0.15, 0.2) is 0 Å². The molecule has 4 nitrogen and oxygen atoms in total. The summed E-state index contributed by atoms with van der Waals surface area (Å²) in [5.74, 6) is 0.489. The Morgan fingerprint density at radius 1 is 1.27 bits per heavy atom. The van der Waals surface area contributed by atoms with Crippen LogP contribution < -0.4 is 0 Å². The minimum absolute atomic E-state index is 0.0619. The summed E-state index contributed by atoms with van der Waals surface area (Å²) in [5, 5.41) is 8.87. The third kappa shape index (κ3) is 4.47. The van der Waals surface area contributed by atoms with Crippen molar-refractivity contribution in [3.8, 4) is 0 Å². The highest BCUT2D eigenvalue weighted by Crippen LogP contribution is 2.15. The molecule has 0 aromatic heterocycles. The molecule has 1 heterocycles. The fourth-order valence-corrected chi connectivity index (χ4v) is 1.85. The summed E-state index contributed by atoms with van der Waals surface area (Å²) in [6.45, 7) is 8.71. The molecule has 0 unspecified atom stereocenters. The molecule has 4 heteroatoms. The van der Waals surface area contributed by atoms with Crippen LogP contribution in [0.3, 0.4) is 0 Å². The highest BCUT2D eigenvalue weighted by atomic mass is 16.7.